The number of aromatic nitrogens is 2. The van der Waals surface area contributed by atoms with Crippen LogP contribution < -0.4 is 0 Å². The van der Waals surface area contributed by atoms with Crippen LogP contribution in [0, 0.1) is 11.6 Å². The van der Waals surface area contributed by atoms with Gasteiger partial charge in [-0.3, -0.25) is 0 Å². The van der Waals surface area contributed by atoms with Gasteiger partial charge in [-0.2, -0.15) is 0 Å². The molecule has 3 aromatic rings. The Morgan fingerprint density at radius 3 is 2.80 bits per heavy atom. The van der Waals surface area contributed by atoms with Crippen LogP contribution in [-0.2, 0) is 5.88 Å². The average Bonchev–Trinajstić information content (AvgIpc) is 3.09. The SMILES string of the molecule is CC(c1ccco1)n1c(CCl)nc2ccc(F)c(F)c21. The Labute approximate surface area is 118 Å². The smallest absolute Gasteiger partial charge is 0.184 e. The predicted octanol–water partition coefficient (Wildman–Crippen LogP) is 4.26. The number of fused-ring (bicyclic) bond motifs is 1. The quantitative estimate of drug-likeness (QED) is 0.676. The van der Waals surface area contributed by atoms with Crippen molar-refractivity contribution < 1.29 is 13.2 Å². The molecule has 0 amide bonds. The number of imidazole rings is 1. The van der Waals surface area contributed by atoms with Gasteiger partial charge in [0.25, 0.3) is 0 Å². The van der Waals surface area contributed by atoms with Crippen molar-refractivity contribution in [1.29, 1.82) is 0 Å². The molecule has 1 aromatic carbocycles. The Morgan fingerprint density at radius 2 is 2.15 bits per heavy atom. The van der Waals surface area contributed by atoms with Crippen LogP contribution in [-0.4, -0.2) is 9.55 Å². The van der Waals surface area contributed by atoms with E-state index in [0.29, 0.717) is 17.1 Å². The Balaban J connectivity index is 2.30. The topological polar surface area (TPSA) is 31.0 Å². The highest BCUT2D eigenvalue weighted by Gasteiger charge is 2.22. The molecule has 0 saturated carbocycles. The maximum absolute atomic E-state index is 14.1. The molecule has 0 bridgehead atoms. The molecule has 0 aliphatic rings. The number of nitrogens with zero attached hydrogens (tertiary/aromatic N) is 2. The van der Waals surface area contributed by atoms with Crippen molar-refractivity contribution in [2.24, 2.45) is 0 Å². The van der Waals surface area contributed by atoms with E-state index >= 15 is 0 Å². The van der Waals surface area contributed by atoms with Gasteiger partial charge in [-0.15, -0.1) is 11.6 Å². The second-order valence-corrected chi connectivity index (χ2v) is 4.72. The van der Waals surface area contributed by atoms with Crippen LogP contribution in [0.5, 0.6) is 0 Å². The van der Waals surface area contributed by atoms with Crippen LogP contribution in [0.3, 0.4) is 0 Å². The monoisotopic (exact) mass is 296 g/mol. The van der Waals surface area contributed by atoms with Crippen LogP contribution in [0.4, 0.5) is 8.78 Å². The summed E-state index contributed by atoms with van der Waals surface area (Å²) in [6.45, 7) is 1.82. The van der Waals surface area contributed by atoms with Crippen LogP contribution in [0.15, 0.2) is 34.9 Å². The highest BCUT2D eigenvalue weighted by atomic mass is 35.5. The van der Waals surface area contributed by atoms with Gasteiger partial charge in [0.05, 0.1) is 23.7 Å². The van der Waals surface area contributed by atoms with Gasteiger partial charge < -0.3 is 8.98 Å². The summed E-state index contributed by atoms with van der Waals surface area (Å²) in [5.41, 5.74) is 0.475. The van der Waals surface area contributed by atoms with Crippen molar-refractivity contribution in [3.05, 3.63) is 53.7 Å². The van der Waals surface area contributed by atoms with E-state index in [1.807, 2.05) is 6.92 Å². The van der Waals surface area contributed by atoms with E-state index in [4.69, 9.17) is 16.0 Å². The summed E-state index contributed by atoms with van der Waals surface area (Å²) in [7, 11) is 0. The minimum absolute atomic E-state index is 0.0980. The van der Waals surface area contributed by atoms with E-state index in [0.717, 1.165) is 6.07 Å². The molecule has 20 heavy (non-hydrogen) atoms. The largest absolute Gasteiger partial charge is 0.467 e. The second-order valence-electron chi connectivity index (χ2n) is 4.45. The van der Waals surface area contributed by atoms with Crippen molar-refractivity contribution in [2.45, 2.75) is 18.8 Å². The van der Waals surface area contributed by atoms with Crippen LogP contribution >= 0.6 is 11.6 Å². The fourth-order valence-electron chi connectivity index (χ4n) is 2.34. The molecular weight excluding hydrogens is 286 g/mol. The van der Waals surface area contributed by atoms with Gasteiger partial charge in [-0.05, 0) is 31.2 Å². The molecule has 0 saturated heterocycles. The van der Waals surface area contributed by atoms with Crippen LogP contribution in [0.25, 0.3) is 11.0 Å². The van der Waals surface area contributed by atoms with Gasteiger partial charge >= 0.3 is 0 Å². The molecular formula is C14H11ClF2N2O. The first-order valence-corrected chi connectivity index (χ1v) is 6.61. The summed E-state index contributed by atoms with van der Waals surface area (Å²) in [5.74, 6) is -0.647. The number of halogens is 3. The molecule has 0 fully saturated rings. The number of furan rings is 1. The molecule has 6 heteroatoms. The molecule has 3 nitrogen and oxygen atoms in total. The van der Waals surface area contributed by atoms with E-state index in [2.05, 4.69) is 4.98 Å². The lowest BCUT2D eigenvalue weighted by molar-refractivity contribution is 0.441. The van der Waals surface area contributed by atoms with Gasteiger partial charge in [-0.25, -0.2) is 13.8 Å². The van der Waals surface area contributed by atoms with Crippen molar-refractivity contribution in [2.75, 3.05) is 0 Å². The van der Waals surface area contributed by atoms with E-state index in [1.54, 1.807) is 16.7 Å². The molecule has 1 atom stereocenters. The third-order valence-electron chi connectivity index (χ3n) is 3.28. The van der Waals surface area contributed by atoms with Gasteiger partial charge in [0.15, 0.2) is 11.6 Å². The molecule has 2 heterocycles. The minimum atomic E-state index is -0.926. The fourth-order valence-corrected chi connectivity index (χ4v) is 2.53. The molecule has 0 aliphatic heterocycles. The number of rotatable bonds is 3. The third kappa shape index (κ3) is 1.89. The van der Waals surface area contributed by atoms with Gasteiger partial charge in [-0.1, -0.05) is 0 Å². The zero-order valence-electron chi connectivity index (χ0n) is 10.6. The Bertz CT molecular complexity index is 752. The molecule has 1 unspecified atom stereocenters. The van der Waals surface area contributed by atoms with E-state index in [-0.39, 0.29) is 17.4 Å². The van der Waals surface area contributed by atoms with Crippen molar-refractivity contribution in [1.82, 2.24) is 9.55 Å². The Morgan fingerprint density at radius 1 is 1.35 bits per heavy atom. The first-order chi connectivity index (χ1) is 9.63. The first kappa shape index (κ1) is 13.1. The summed E-state index contributed by atoms with van der Waals surface area (Å²) in [4.78, 5) is 4.25. The van der Waals surface area contributed by atoms with Crippen molar-refractivity contribution in [3.63, 3.8) is 0 Å². The predicted molar refractivity (Wildman–Crippen MR) is 71.7 cm³/mol. The third-order valence-corrected chi connectivity index (χ3v) is 3.52. The summed E-state index contributed by atoms with van der Waals surface area (Å²) < 4.78 is 34.5. The number of hydrogen-bond donors (Lipinski definition) is 0. The summed E-state index contributed by atoms with van der Waals surface area (Å²) in [5, 5.41) is 0. The zero-order chi connectivity index (χ0) is 14.3. The normalized spacial score (nSPS) is 13.0. The minimum Gasteiger partial charge on any atom is -0.467 e. The molecule has 0 aliphatic carbocycles. The number of benzene rings is 1. The highest BCUT2D eigenvalue weighted by Crippen LogP contribution is 2.29. The molecule has 0 radical (unpaired) electrons. The number of alkyl halides is 1. The lowest BCUT2D eigenvalue weighted by atomic mass is 10.2. The van der Waals surface area contributed by atoms with E-state index in [1.165, 1.54) is 12.3 Å². The van der Waals surface area contributed by atoms with Crippen LogP contribution in [0.1, 0.15) is 24.6 Å². The van der Waals surface area contributed by atoms with Crippen LogP contribution in [0.2, 0.25) is 0 Å². The van der Waals surface area contributed by atoms with Gasteiger partial charge in [0.2, 0.25) is 0 Å². The van der Waals surface area contributed by atoms with Gasteiger partial charge in [0.1, 0.15) is 17.1 Å². The molecule has 3 rings (SSSR count). The highest BCUT2D eigenvalue weighted by molar-refractivity contribution is 6.16. The molecule has 104 valence electrons. The maximum atomic E-state index is 14.1. The van der Waals surface area contributed by atoms with Crippen molar-refractivity contribution >= 4 is 22.6 Å². The fraction of sp³-hybridized carbons (Fsp3) is 0.214. The summed E-state index contributed by atoms with van der Waals surface area (Å²) in [6.07, 6.45) is 1.53. The lowest BCUT2D eigenvalue weighted by Gasteiger charge is -2.15. The summed E-state index contributed by atoms with van der Waals surface area (Å²) >= 11 is 5.87. The Kier molecular flexibility index (Phi) is 3.22. The number of hydrogen-bond acceptors (Lipinski definition) is 2. The van der Waals surface area contributed by atoms with E-state index in [9.17, 15) is 8.78 Å². The molecule has 0 spiro atoms. The standard InChI is InChI=1S/C14H11ClF2N2O/c1-8(11-3-2-6-20-11)19-12(7-15)18-10-5-4-9(16)13(17)14(10)19/h2-6,8H,7H2,1H3. The molecule has 2 aromatic heterocycles. The average molecular weight is 297 g/mol. The van der Waals surface area contributed by atoms with E-state index < -0.39 is 11.6 Å². The first-order valence-electron chi connectivity index (χ1n) is 6.07. The zero-order valence-corrected chi connectivity index (χ0v) is 11.4. The Hall–Kier alpha value is -1.88. The second kappa shape index (κ2) is 4.90. The van der Waals surface area contributed by atoms with Gasteiger partial charge in [0, 0.05) is 0 Å². The maximum Gasteiger partial charge on any atom is 0.184 e. The van der Waals surface area contributed by atoms with Crippen molar-refractivity contribution in [3.8, 4) is 0 Å². The lowest BCUT2D eigenvalue weighted by Crippen LogP contribution is -2.10. The summed E-state index contributed by atoms with van der Waals surface area (Å²) in [6, 6.07) is 5.67. The molecule has 0 N–H and O–H groups in total.